The van der Waals surface area contributed by atoms with E-state index in [1.807, 2.05) is 43.3 Å². The van der Waals surface area contributed by atoms with Gasteiger partial charge in [0.05, 0.1) is 13.0 Å². The molecular weight excluding hydrogens is 238 g/mol. The number of carbonyl (C=O) groups is 1. The number of aliphatic hydroxyl groups excluding tert-OH is 1. The van der Waals surface area contributed by atoms with Crippen molar-refractivity contribution in [3.8, 4) is 0 Å². The number of benzene rings is 2. The maximum atomic E-state index is 11.9. The summed E-state index contributed by atoms with van der Waals surface area (Å²) in [6, 6.07) is 15.1. The van der Waals surface area contributed by atoms with Gasteiger partial charge in [0, 0.05) is 11.3 Å². The highest BCUT2D eigenvalue weighted by atomic mass is 16.3. The van der Waals surface area contributed by atoms with Crippen LogP contribution >= 0.6 is 0 Å². The van der Waals surface area contributed by atoms with Crippen LogP contribution in [-0.2, 0) is 17.8 Å². The molecule has 0 aromatic heterocycles. The molecule has 0 atom stereocenters. The average molecular weight is 255 g/mol. The Hall–Kier alpha value is -2.13. The van der Waals surface area contributed by atoms with Gasteiger partial charge in [-0.05, 0) is 18.6 Å². The van der Waals surface area contributed by atoms with Crippen LogP contribution in [0.2, 0.25) is 0 Å². The molecule has 0 aliphatic heterocycles. The van der Waals surface area contributed by atoms with Crippen molar-refractivity contribution in [1.82, 2.24) is 0 Å². The second kappa shape index (κ2) is 6.16. The van der Waals surface area contributed by atoms with E-state index in [0.29, 0.717) is 12.1 Å². The molecule has 0 heterocycles. The molecule has 0 bridgehead atoms. The largest absolute Gasteiger partial charge is 0.392 e. The van der Waals surface area contributed by atoms with Crippen LogP contribution in [0.15, 0.2) is 48.5 Å². The van der Waals surface area contributed by atoms with E-state index in [1.165, 1.54) is 5.56 Å². The molecule has 0 aliphatic rings. The van der Waals surface area contributed by atoms with Gasteiger partial charge >= 0.3 is 0 Å². The van der Waals surface area contributed by atoms with Crippen molar-refractivity contribution in [2.75, 3.05) is 5.32 Å². The van der Waals surface area contributed by atoms with Crippen molar-refractivity contribution in [3.05, 3.63) is 65.2 Å². The molecule has 0 radical (unpaired) electrons. The Morgan fingerprint density at radius 3 is 2.47 bits per heavy atom. The lowest BCUT2D eigenvalue weighted by atomic mass is 10.1. The normalized spacial score (nSPS) is 10.2. The second-order valence-corrected chi connectivity index (χ2v) is 4.53. The van der Waals surface area contributed by atoms with E-state index in [9.17, 15) is 9.90 Å². The van der Waals surface area contributed by atoms with Crippen LogP contribution in [-0.4, -0.2) is 11.0 Å². The predicted molar refractivity (Wildman–Crippen MR) is 75.9 cm³/mol. The first kappa shape index (κ1) is 13.3. The molecule has 3 nitrogen and oxygen atoms in total. The lowest BCUT2D eigenvalue weighted by Crippen LogP contribution is -2.15. The standard InChI is InChI=1S/C16H17NO2/c1-12-6-8-13(9-7-12)10-16(19)17-15-5-3-2-4-14(15)11-18/h2-9,18H,10-11H2,1H3,(H,17,19). The Bertz CT molecular complexity index is 561. The summed E-state index contributed by atoms with van der Waals surface area (Å²) in [6.07, 6.45) is 0.333. The molecule has 2 aromatic carbocycles. The zero-order valence-electron chi connectivity index (χ0n) is 10.9. The Labute approximate surface area is 112 Å². The maximum absolute atomic E-state index is 11.9. The molecule has 19 heavy (non-hydrogen) atoms. The number of hydrogen-bond acceptors (Lipinski definition) is 2. The average Bonchev–Trinajstić information content (AvgIpc) is 2.42. The van der Waals surface area contributed by atoms with E-state index in [-0.39, 0.29) is 12.5 Å². The van der Waals surface area contributed by atoms with Crippen LogP contribution in [0.3, 0.4) is 0 Å². The van der Waals surface area contributed by atoms with E-state index in [4.69, 9.17) is 0 Å². The first-order valence-electron chi connectivity index (χ1n) is 6.23. The van der Waals surface area contributed by atoms with Crippen molar-refractivity contribution in [1.29, 1.82) is 0 Å². The van der Waals surface area contributed by atoms with Gasteiger partial charge in [0.15, 0.2) is 0 Å². The number of carbonyl (C=O) groups excluding carboxylic acids is 1. The lowest BCUT2D eigenvalue weighted by Gasteiger charge is -2.09. The van der Waals surface area contributed by atoms with Crippen LogP contribution in [0.1, 0.15) is 16.7 Å². The topological polar surface area (TPSA) is 49.3 Å². The van der Waals surface area contributed by atoms with E-state index in [2.05, 4.69) is 5.32 Å². The Balaban J connectivity index is 2.03. The highest BCUT2D eigenvalue weighted by Crippen LogP contribution is 2.15. The fraction of sp³-hybridized carbons (Fsp3) is 0.188. The minimum atomic E-state index is -0.0824. The van der Waals surface area contributed by atoms with Crippen LogP contribution in [0.25, 0.3) is 0 Å². The number of nitrogens with one attached hydrogen (secondary N) is 1. The third kappa shape index (κ3) is 3.66. The number of amides is 1. The van der Waals surface area contributed by atoms with Gasteiger partial charge in [-0.1, -0.05) is 48.0 Å². The Morgan fingerprint density at radius 1 is 1.11 bits per heavy atom. The Morgan fingerprint density at radius 2 is 1.79 bits per heavy atom. The van der Waals surface area contributed by atoms with E-state index in [1.54, 1.807) is 12.1 Å². The minimum absolute atomic E-state index is 0.0789. The first-order chi connectivity index (χ1) is 9.19. The molecule has 3 heteroatoms. The smallest absolute Gasteiger partial charge is 0.228 e. The summed E-state index contributed by atoms with van der Waals surface area (Å²) in [7, 11) is 0. The Kier molecular flexibility index (Phi) is 4.31. The van der Waals surface area contributed by atoms with Gasteiger partial charge in [-0.25, -0.2) is 0 Å². The molecule has 0 saturated heterocycles. The fourth-order valence-corrected chi connectivity index (χ4v) is 1.87. The molecule has 2 aromatic rings. The number of anilines is 1. The lowest BCUT2D eigenvalue weighted by molar-refractivity contribution is -0.115. The van der Waals surface area contributed by atoms with Gasteiger partial charge in [0.2, 0.25) is 5.91 Å². The number of hydrogen-bond donors (Lipinski definition) is 2. The van der Waals surface area contributed by atoms with Crippen molar-refractivity contribution in [2.24, 2.45) is 0 Å². The molecule has 98 valence electrons. The highest BCUT2D eigenvalue weighted by Gasteiger charge is 2.06. The molecule has 1 amide bonds. The van der Waals surface area contributed by atoms with Crippen molar-refractivity contribution >= 4 is 11.6 Å². The van der Waals surface area contributed by atoms with Gasteiger partial charge in [-0.2, -0.15) is 0 Å². The molecular formula is C16H17NO2. The molecule has 0 spiro atoms. The first-order valence-corrected chi connectivity index (χ1v) is 6.23. The number of aliphatic hydroxyl groups is 1. The van der Waals surface area contributed by atoms with Crippen molar-refractivity contribution in [3.63, 3.8) is 0 Å². The van der Waals surface area contributed by atoms with Gasteiger partial charge in [0.25, 0.3) is 0 Å². The predicted octanol–water partition coefficient (Wildman–Crippen LogP) is 2.67. The summed E-state index contributed by atoms with van der Waals surface area (Å²) in [5.74, 6) is -0.0789. The van der Waals surface area contributed by atoms with Crippen LogP contribution in [0.4, 0.5) is 5.69 Å². The molecule has 0 fully saturated rings. The number of aryl methyl sites for hydroxylation is 1. The maximum Gasteiger partial charge on any atom is 0.228 e. The monoisotopic (exact) mass is 255 g/mol. The quantitative estimate of drug-likeness (QED) is 0.882. The van der Waals surface area contributed by atoms with Crippen LogP contribution in [0, 0.1) is 6.92 Å². The molecule has 0 unspecified atom stereocenters. The summed E-state index contributed by atoms with van der Waals surface area (Å²) in [5, 5.41) is 12.0. The summed E-state index contributed by atoms with van der Waals surface area (Å²) >= 11 is 0. The number of para-hydroxylation sites is 1. The molecule has 0 saturated carbocycles. The van der Waals surface area contributed by atoms with Crippen LogP contribution < -0.4 is 5.32 Å². The summed E-state index contributed by atoms with van der Waals surface area (Å²) in [6.45, 7) is 1.93. The van der Waals surface area contributed by atoms with Gasteiger partial charge in [-0.15, -0.1) is 0 Å². The van der Waals surface area contributed by atoms with Crippen molar-refractivity contribution < 1.29 is 9.90 Å². The molecule has 2 rings (SSSR count). The second-order valence-electron chi connectivity index (χ2n) is 4.53. The number of rotatable bonds is 4. The zero-order valence-corrected chi connectivity index (χ0v) is 10.9. The van der Waals surface area contributed by atoms with Gasteiger partial charge < -0.3 is 10.4 Å². The highest BCUT2D eigenvalue weighted by molar-refractivity contribution is 5.92. The van der Waals surface area contributed by atoms with Crippen LogP contribution in [0.5, 0.6) is 0 Å². The van der Waals surface area contributed by atoms with E-state index in [0.717, 1.165) is 11.1 Å². The summed E-state index contributed by atoms with van der Waals surface area (Å²) in [5.41, 5.74) is 3.54. The van der Waals surface area contributed by atoms with Gasteiger partial charge in [0.1, 0.15) is 0 Å². The summed E-state index contributed by atoms with van der Waals surface area (Å²) < 4.78 is 0. The SMILES string of the molecule is Cc1ccc(CC(=O)Nc2ccccc2CO)cc1. The molecule has 0 aliphatic carbocycles. The minimum Gasteiger partial charge on any atom is -0.392 e. The zero-order chi connectivity index (χ0) is 13.7. The fourth-order valence-electron chi connectivity index (χ4n) is 1.87. The van der Waals surface area contributed by atoms with Crippen molar-refractivity contribution in [2.45, 2.75) is 20.0 Å². The van der Waals surface area contributed by atoms with E-state index >= 15 is 0 Å². The van der Waals surface area contributed by atoms with Gasteiger partial charge in [-0.3, -0.25) is 4.79 Å². The molecule has 2 N–H and O–H groups in total. The summed E-state index contributed by atoms with van der Waals surface area (Å²) in [4.78, 5) is 11.9. The third-order valence-corrected chi connectivity index (χ3v) is 2.95. The van der Waals surface area contributed by atoms with E-state index < -0.39 is 0 Å². The third-order valence-electron chi connectivity index (χ3n) is 2.95.